The predicted molar refractivity (Wildman–Crippen MR) is 100 cm³/mol. The molecule has 2 aromatic carbocycles. The fraction of sp³-hybridized carbons (Fsp3) is 0.190. The van der Waals surface area contributed by atoms with Crippen LogP contribution in [0.4, 0.5) is 0 Å². The number of carbonyl (C=O) groups excluding carboxylic acids is 1. The number of methoxy groups -OCH3 is 1. The van der Waals surface area contributed by atoms with Crippen molar-refractivity contribution in [2.45, 2.75) is 12.5 Å². The van der Waals surface area contributed by atoms with E-state index in [1.54, 1.807) is 6.20 Å². The molecule has 0 aliphatic heterocycles. The van der Waals surface area contributed by atoms with Gasteiger partial charge in [-0.15, -0.1) is 0 Å². The Hall–Kier alpha value is -3.05. The fourth-order valence-electron chi connectivity index (χ4n) is 2.70. The lowest BCUT2D eigenvalue weighted by Crippen LogP contribution is -2.32. The zero-order valence-corrected chi connectivity index (χ0v) is 14.6. The van der Waals surface area contributed by atoms with E-state index in [1.807, 2.05) is 66.7 Å². The topological polar surface area (TPSA) is 64.1 Å². The first-order valence-electron chi connectivity index (χ1n) is 8.50. The molecule has 3 aromatic rings. The van der Waals surface area contributed by atoms with Gasteiger partial charge in [-0.3, -0.25) is 4.79 Å². The molecule has 1 heterocycles. The van der Waals surface area contributed by atoms with Gasteiger partial charge >= 0.3 is 0 Å². The first-order chi connectivity index (χ1) is 12.8. The number of nitrogens with one attached hydrogen (secondary N) is 1. The third-order valence-electron chi connectivity index (χ3n) is 4.00. The predicted octanol–water partition coefficient (Wildman–Crippen LogP) is 3.19. The molecular weight excluding hydrogens is 326 g/mol. The van der Waals surface area contributed by atoms with Crippen LogP contribution in [0.3, 0.4) is 0 Å². The Morgan fingerprint density at radius 3 is 2.42 bits per heavy atom. The van der Waals surface area contributed by atoms with Crippen molar-refractivity contribution >= 4 is 5.91 Å². The van der Waals surface area contributed by atoms with E-state index in [0.29, 0.717) is 18.8 Å². The van der Waals surface area contributed by atoms with Crippen LogP contribution in [0.2, 0.25) is 0 Å². The molecule has 0 spiro atoms. The summed E-state index contributed by atoms with van der Waals surface area (Å²) in [5, 5.41) is 2.90. The second-order valence-electron chi connectivity index (χ2n) is 5.79. The van der Waals surface area contributed by atoms with Crippen molar-refractivity contribution in [1.29, 1.82) is 0 Å². The number of rotatable bonds is 7. The van der Waals surface area contributed by atoms with Crippen LogP contribution in [0.25, 0.3) is 11.3 Å². The first kappa shape index (κ1) is 17.8. The van der Waals surface area contributed by atoms with Gasteiger partial charge < -0.3 is 10.1 Å². The van der Waals surface area contributed by atoms with Crippen molar-refractivity contribution in [3.63, 3.8) is 0 Å². The van der Waals surface area contributed by atoms with Gasteiger partial charge in [0.05, 0.1) is 5.69 Å². The third-order valence-corrected chi connectivity index (χ3v) is 4.00. The minimum Gasteiger partial charge on any atom is -0.367 e. The summed E-state index contributed by atoms with van der Waals surface area (Å²) in [5.41, 5.74) is 2.75. The second-order valence-corrected chi connectivity index (χ2v) is 5.79. The van der Waals surface area contributed by atoms with Crippen LogP contribution in [0, 0.1) is 0 Å². The molecule has 5 nitrogen and oxygen atoms in total. The number of aromatic nitrogens is 2. The molecule has 0 radical (unpaired) electrons. The molecule has 0 saturated carbocycles. The molecule has 1 N–H and O–H groups in total. The molecule has 0 saturated heterocycles. The number of benzene rings is 2. The van der Waals surface area contributed by atoms with Gasteiger partial charge in [-0.2, -0.15) is 0 Å². The Labute approximate surface area is 153 Å². The largest absolute Gasteiger partial charge is 0.367 e. The van der Waals surface area contributed by atoms with Crippen LogP contribution >= 0.6 is 0 Å². The molecule has 0 aliphatic carbocycles. The van der Waals surface area contributed by atoms with E-state index < -0.39 is 6.10 Å². The lowest BCUT2D eigenvalue weighted by atomic mass is 10.1. The average molecular weight is 347 g/mol. The van der Waals surface area contributed by atoms with Gasteiger partial charge in [0, 0.05) is 31.8 Å². The van der Waals surface area contributed by atoms with Crippen LogP contribution in [-0.4, -0.2) is 29.5 Å². The highest BCUT2D eigenvalue weighted by atomic mass is 16.5. The average Bonchev–Trinajstić information content (AvgIpc) is 2.70. The van der Waals surface area contributed by atoms with E-state index in [2.05, 4.69) is 15.3 Å². The molecule has 5 heteroatoms. The molecule has 3 rings (SSSR count). The van der Waals surface area contributed by atoms with Crippen LogP contribution in [0.5, 0.6) is 0 Å². The Bertz CT molecular complexity index is 838. The Kier molecular flexibility index (Phi) is 6.06. The summed E-state index contributed by atoms with van der Waals surface area (Å²) in [4.78, 5) is 21.2. The number of ether oxygens (including phenoxy) is 1. The standard InChI is InChI=1S/C21H21N3O2/c1-26-20(17-10-6-3-7-11-17)21(25)23-15-13-19-22-14-12-18(24-19)16-8-4-2-5-9-16/h2-12,14,20H,13,15H2,1H3,(H,23,25)/t20-/m0/s1. The highest BCUT2D eigenvalue weighted by Crippen LogP contribution is 2.17. The number of carbonyl (C=O) groups is 1. The summed E-state index contributed by atoms with van der Waals surface area (Å²) in [7, 11) is 1.53. The number of nitrogens with zero attached hydrogens (tertiary/aromatic N) is 2. The number of amides is 1. The van der Waals surface area contributed by atoms with E-state index in [4.69, 9.17) is 4.74 Å². The molecule has 0 bridgehead atoms. The number of hydrogen-bond acceptors (Lipinski definition) is 4. The van der Waals surface area contributed by atoms with E-state index in [0.717, 1.165) is 16.8 Å². The Morgan fingerprint density at radius 2 is 1.73 bits per heavy atom. The van der Waals surface area contributed by atoms with Gasteiger partial charge in [-0.25, -0.2) is 9.97 Å². The third kappa shape index (κ3) is 4.52. The maximum atomic E-state index is 12.4. The zero-order chi connectivity index (χ0) is 18.2. The monoisotopic (exact) mass is 347 g/mol. The molecular formula is C21H21N3O2. The normalized spacial score (nSPS) is 11.7. The lowest BCUT2D eigenvalue weighted by Gasteiger charge is -2.15. The van der Waals surface area contributed by atoms with Crippen molar-refractivity contribution in [1.82, 2.24) is 15.3 Å². The van der Waals surface area contributed by atoms with E-state index in [9.17, 15) is 4.79 Å². The Balaban J connectivity index is 1.59. The summed E-state index contributed by atoms with van der Waals surface area (Å²) < 4.78 is 5.33. The molecule has 0 unspecified atom stereocenters. The summed E-state index contributed by atoms with van der Waals surface area (Å²) in [6.45, 7) is 0.448. The van der Waals surface area contributed by atoms with Crippen LogP contribution in [0.1, 0.15) is 17.5 Å². The zero-order valence-electron chi connectivity index (χ0n) is 14.6. The van der Waals surface area contributed by atoms with E-state index >= 15 is 0 Å². The summed E-state index contributed by atoms with van der Waals surface area (Å²) in [6, 6.07) is 21.3. The maximum absolute atomic E-state index is 12.4. The fourth-order valence-corrected chi connectivity index (χ4v) is 2.70. The highest BCUT2D eigenvalue weighted by Gasteiger charge is 2.19. The van der Waals surface area contributed by atoms with Crippen LogP contribution in [-0.2, 0) is 16.0 Å². The summed E-state index contributed by atoms with van der Waals surface area (Å²) >= 11 is 0. The van der Waals surface area contributed by atoms with Crippen molar-refractivity contribution in [2.75, 3.05) is 13.7 Å². The molecule has 0 aliphatic rings. The van der Waals surface area contributed by atoms with E-state index in [1.165, 1.54) is 7.11 Å². The van der Waals surface area contributed by atoms with Crippen molar-refractivity contribution in [3.05, 3.63) is 84.3 Å². The second kappa shape index (κ2) is 8.87. The summed E-state index contributed by atoms with van der Waals surface area (Å²) in [6.07, 6.45) is 1.68. The minimum absolute atomic E-state index is 0.169. The van der Waals surface area contributed by atoms with Gasteiger partial charge in [-0.1, -0.05) is 60.7 Å². The van der Waals surface area contributed by atoms with Crippen molar-refractivity contribution in [3.8, 4) is 11.3 Å². The number of hydrogen-bond donors (Lipinski definition) is 1. The van der Waals surface area contributed by atoms with Crippen molar-refractivity contribution in [2.24, 2.45) is 0 Å². The highest BCUT2D eigenvalue weighted by molar-refractivity contribution is 5.82. The minimum atomic E-state index is -0.618. The lowest BCUT2D eigenvalue weighted by molar-refractivity contribution is -0.131. The van der Waals surface area contributed by atoms with E-state index in [-0.39, 0.29) is 5.91 Å². The van der Waals surface area contributed by atoms with Gasteiger partial charge in [0.15, 0.2) is 6.10 Å². The SMILES string of the molecule is CO[C@H](C(=O)NCCc1nccc(-c2ccccc2)n1)c1ccccc1. The smallest absolute Gasteiger partial charge is 0.253 e. The van der Waals surface area contributed by atoms with Gasteiger partial charge in [0.2, 0.25) is 0 Å². The summed E-state index contributed by atoms with van der Waals surface area (Å²) in [5.74, 6) is 0.526. The van der Waals surface area contributed by atoms with Crippen molar-refractivity contribution < 1.29 is 9.53 Å². The molecule has 1 amide bonds. The molecule has 1 aromatic heterocycles. The Morgan fingerprint density at radius 1 is 1.04 bits per heavy atom. The molecule has 1 atom stereocenters. The molecule has 132 valence electrons. The van der Waals surface area contributed by atoms with Gasteiger partial charge in [0.25, 0.3) is 5.91 Å². The first-order valence-corrected chi connectivity index (χ1v) is 8.50. The van der Waals surface area contributed by atoms with Gasteiger partial charge in [-0.05, 0) is 11.6 Å². The maximum Gasteiger partial charge on any atom is 0.253 e. The van der Waals surface area contributed by atoms with Crippen LogP contribution in [0.15, 0.2) is 72.9 Å². The van der Waals surface area contributed by atoms with Gasteiger partial charge in [0.1, 0.15) is 5.82 Å². The quantitative estimate of drug-likeness (QED) is 0.713. The molecule has 0 fully saturated rings. The molecule has 26 heavy (non-hydrogen) atoms. The van der Waals surface area contributed by atoms with Crippen LogP contribution < -0.4 is 5.32 Å².